The molecule has 3 rings (SSSR count). The molecule has 0 saturated heterocycles. The van der Waals surface area contributed by atoms with Gasteiger partial charge in [0.05, 0.1) is 11.7 Å². The minimum Gasteiger partial charge on any atom is -0.432 e. The SMILES string of the molecule is c1ccc2c(c1)ccn2-c1ncco1. The third-order valence-electron chi connectivity index (χ3n) is 2.22. The molecular weight excluding hydrogens is 176 g/mol. The zero-order valence-electron chi connectivity index (χ0n) is 7.42. The molecule has 0 aliphatic heterocycles. The highest BCUT2D eigenvalue weighted by Gasteiger charge is 2.04. The monoisotopic (exact) mass is 184 g/mol. The number of oxazole rings is 1. The van der Waals surface area contributed by atoms with Gasteiger partial charge in [0.1, 0.15) is 6.26 Å². The smallest absolute Gasteiger partial charge is 0.306 e. The lowest BCUT2D eigenvalue weighted by Gasteiger charge is -1.97. The van der Waals surface area contributed by atoms with Gasteiger partial charge in [0, 0.05) is 11.6 Å². The number of nitrogens with zero attached hydrogens (tertiary/aromatic N) is 2. The van der Waals surface area contributed by atoms with Crippen molar-refractivity contribution in [1.29, 1.82) is 0 Å². The molecule has 0 aliphatic carbocycles. The van der Waals surface area contributed by atoms with Crippen LogP contribution in [-0.2, 0) is 0 Å². The van der Waals surface area contributed by atoms with E-state index in [-0.39, 0.29) is 0 Å². The van der Waals surface area contributed by atoms with Crippen LogP contribution < -0.4 is 0 Å². The molecule has 0 aliphatic rings. The molecule has 68 valence electrons. The summed E-state index contributed by atoms with van der Waals surface area (Å²) in [4.78, 5) is 4.11. The Morgan fingerprint density at radius 1 is 1.14 bits per heavy atom. The summed E-state index contributed by atoms with van der Waals surface area (Å²) < 4.78 is 7.16. The summed E-state index contributed by atoms with van der Waals surface area (Å²) in [6.07, 6.45) is 5.17. The van der Waals surface area contributed by atoms with Crippen molar-refractivity contribution in [2.45, 2.75) is 0 Å². The van der Waals surface area contributed by atoms with Crippen molar-refractivity contribution in [3.63, 3.8) is 0 Å². The van der Waals surface area contributed by atoms with E-state index in [2.05, 4.69) is 11.1 Å². The van der Waals surface area contributed by atoms with E-state index < -0.39 is 0 Å². The molecule has 0 radical (unpaired) electrons. The van der Waals surface area contributed by atoms with Gasteiger partial charge in [0.15, 0.2) is 0 Å². The van der Waals surface area contributed by atoms with Crippen LogP contribution in [0.5, 0.6) is 0 Å². The molecule has 0 unspecified atom stereocenters. The fourth-order valence-electron chi connectivity index (χ4n) is 1.58. The van der Waals surface area contributed by atoms with E-state index in [1.165, 1.54) is 5.39 Å². The maximum atomic E-state index is 5.24. The molecule has 3 heteroatoms. The lowest BCUT2D eigenvalue weighted by molar-refractivity contribution is 0.531. The number of fused-ring (bicyclic) bond motifs is 1. The highest BCUT2D eigenvalue weighted by atomic mass is 16.4. The third-order valence-corrected chi connectivity index (χ3v) is 2.22. The summed E-state index contributed by atoms with van der Waals surface area (Å²) >= 11 is 0. The predicted octanol–water partition coefficient (Wildman–Crippen LogP) is 2.62. The molecule has 0 N–H and O–H groups in total. The molecule has 0 bridgehead atoms. The fraction of sp³-hybridized carbons (Fsp3) is 0. The molecule has 14 heavy (non-hydrogen) atoms. The second-order valence-electron chi connectivity index (χ2n) is 3.06. The second kappa shape index (κ2) is 2.73. The normalized spacial score (nSPS) is 10.9. The molecule has 1 aromatic carbocycles. The van der Waals surface area contributed by atoms with Crippen LogP contribution >= 0.6 is 0 Å². The predicted molar refractivity (Wildman–Crippen MR) is 53.3 cm³/mol. The number of para-hydroxylation sites is 1. The Bertz CT molecular complexity index is 551. The summed E-state index contributed by atoms with van der Waals surface area (Å²) in [5.41, 5.74) is 1.11. The molecule has 3 nitrogen and oxygen atoms in total. The molecule has 2 heterocycles. The molecular formula is C11H8N2O. The van der Waals surface area contributed by atoms with Gasteiger partial charge in [-0.2, -0.15) is 0 Å². The van der Waals surface area contributed by atoms with E-state index >= 15 is 0 Å². The minimum atomic E-state index is 0.603. The topological polar surface area (TPSA) is 31.0 Å². The number of aromatic nitrogens is 2. The lowest BCUT2D eigenvalue weighted by atomic mass is 10.2. The third kappa shape index (κ3) is 0.956. The standard InChI is InChI=1S/C11H8N2O/c1-2-4-10-9(3-1)5-7-13(10)11-12-6-8-14-11/h1-8H. The quantitative estimate of drug-likeness (QED) is 0.582. The van der Waals surface area contributed by atoms with Crippen molar-refractivity contribution in [3.8, 4) is 6.01 Å². The van der Waals surface area contributed by atoms with Crippen molar-refractivity contribution in [3.05, 3.63) is 49.0 Å². The summed E-state index contributed by atoms with van der Waals surface area (Å²) in [5.74, 6) is 0. The van der Waals surface area contributed by atoms with E-state index in [0.29, 0.717) is 6.01 Å². The Morgan fingerprint density at radius 2 is 2.07 bits per heavy atom. The minimum absolute atomic E-state index is 0.603. The van der Waals surface area contributed by atoms with Crippen molar-refractivity contribution >= 4 is 10.9 Å². The Morgan fingerprint density at radius 3 is 2.93 bits per heavy atom. The first kappa shape index (κ1) is 7.38. The summed E-state index contributed by atoms with van der Waals surface area (Å²) in [7, 11) is 0. The lowest BCUT2D eigenvalue weighted by Crippen LogP contribution is -1.90. The zero-order chi connectivity index (χ0) is 9.38. The van der Waals surface area contributed by atoms with Gasteiger partial charge < -0.3 is 4.42 Å². The molecule has 0 saturated carbocycles. The summed E-state index contributed by atoms with van der Waals surface area (Å²) in [5, 5.41) is 1.19. The highest BCUT2D eigenvalue weighted by Crippen LogP contribution is 2.18. The van der Waals surface area contributed by atoms with Crippen LogP contribution in [0.25, 0.3) is 16.9 Å². The summed E-state index contributed by atoms with van der Waals surface area (Å²) in [6.45, 7) is 0. The van der Waals surface area contributed by atoms with Gasteiger partial charge in [-0.15, -0.1) is 0 Å². The Labute approximate surface area is 80.6 Å². The van der Waals surface area contributed by atoms with Crippen LogP contribution in [0, 0.1) is 0 Å². The van der Waals surface area contributed by atoms with Crippen LogP contribution in [0.2, 0.25) is 0 Å². The maximum absolute atomic E-state index is 5.24. The molecule has 0 spiro atoms. The Balaban J connectivity index is 2.33. The first-order chi connectivity index (χ1) is 6.95. The van der Waals surface area contributed by atoms with Gasteiger partial charge >= 0.3 is 6.01 Å². The average molecular weight is 184 g/mol. The van der Waals surface area contributed by atoms with E-state index in [1.54, 1.807) is 12.5 Å². The van der Waals surface area contributed by atoms with Gasteiger partial charge in [-0.25, -0.2) is 4.98 Å². The van der Waals surface area contributed by atoms with E-state index in [4.69, 9.17) is 4.42 Å². The molecule has 0 fully saturated rings. The average Bonchev–Trinajstić information content (AvgIpc) is 2.85. The van der Waals surface area contributed by atoms with Crippen LogP contribution in [0.15, 0.2) is 53.4 Å². The zero-order valence-corrected chi connectivity index (χ0v) is 7.42. The van der Waals surface area contributed by atoms with Crippen molar-refractivity contribution in [2.24, 2.45) is 0 Å². The van der Waals surface area contributed by atoms with Crippen molar-refractivity contribution < 1.29 is 4.42 Å². The molecule has 3 aromatic rings. The maximum Gasteiger partial charge on any atom is 0.306 e. The fourth-order valence-corrected chi connectivity index (χ4v) is 1.58. The largest absolute Gasteiger partial charge is 0.432 e. The number of hydrogen-bond acceptors (Lipinski definition) is 2. The van der Waals surface area contributed by atoms with Gasteiger partial charge in [-0.05, 0) is 12.1 Å². The number of benzene rings is 1. The van der Waals surface area contributed by atoms with E-state index in [1.807, 2.05) is 35.0 Å². The van der Waals surface area contributed by atoms with Gasteiger partial charge in [0.2, 0.25) is 0 Å². The van der Waals surface area contributed by atoms with Crippen LogP contribution in [0.4, 0.5) is 0 Å². The Hall–Kier alpha value is -2.03. The van der Waals surface area contributed by atoms with Gasteiger partial charge in [-0.1, -0.05) is 18.2 Å². The van der Waals surface area contributed by atoms with Gasteiger partial charge in [0.25, 0.3) is 0 Å². The van der Waals surface area contributed by atoms with E-state index in [0.717, 1.165) is 5.52 Å². The van der Waals surface area contributed by atoms with Crippen molar-refractivity contribution in [1.82, 2.24) is 9.55 Å². The number of rotatable bonds is 1. The first-order valence-electron chi connectivity index (χ1n) is 4.41. The Kier molecular flexibility index (Phi) is 1.44. The summed E-state index contributed by atoms with van der Waals surface area (Å²) in [6, 6.07) is 10.8. The highest BCUT2D eigenvalue weighted by molar-refractivity contribution is 5.81. The molecule has 2 aromatic heterocycles. The van der Waals surface area contributed by atoms with Crippen LogP contribution in [-0.4, -0.2) is 9.55 Å². The van der Waals surface area contributed by atoms with Crippen LogP contribution in [0.3, 0.4) is 0 Å². The molecule has 0 atom stereocenters. The molecule has 0 amide bonds. The second-order valence-corrected chi connectivity index (χ2v) is 3.06. The van der Waals surface area contributed by atoms with Gasteiger partial charge in [-0.3, -0.25) is 4.57 Å². The van der Waals surface area contributed by atoms with E-state index in [9.17, 15) is 0 Å². The van der Waals surface area contributed by atoms with Crippen LogP contribution in [0.1, 0.15) is 0 Å². The first-order valence-corrected chi connectivity index (χ1v) is 4.41. The number of hydrogen-bond donors (Lipinski definition) is 0. The van der Waals surface area contributed by atoms with Crippen molar-refractivity contribution in [2.75, 3.05) is 0 Å².